The number of aliphatic carboxylic acids is 1. The first-order valence-corrected chi connectivity index (χ1v) is 17.6. The number of hydrogen-bond acceptors (Lipinski definition) is 8. The van der Waals surface area contributed by atoms with Crippen molar-refractivity contribution in [3.63, 3.8) is 0 Å². The van der Waals surface area contributed by atoms with Gasteiger partial charge in [-0.3, -0.25) is 19.3 Å². The standard InChI is InChI=1S/C37H47F3N4O7/c1-49-23-26-18-44(21-31(26)29-8-5-27(37(38,39)40)17-33(29)42-11-9-25(10-12-42)36(47)48)35(46)32-20-41(22-34(45)43-13-15-51-16-14-43)19-30(32)24-3-6-28(50-2)7-4-24/h3-8,17,25-26,30-32H,9-16,18-23H2,1-2H3,(H,47,48)/t26-,30+,31+,32-/m1/s1. The van der Waals surface area contributed by atoms with Gasteiger partial charge in [-0.1, -0.05) is 18.2 Å². The molecule has 4 aliphatic rings. The molecule has 278 valence electrons. The van der Waals surface area contributed by atoms with Crippen molar-refractivity contribution in [2.24, 2.45) is 17.8 Å². The summed E-state index contributed by atoms with van der Waals surface area (Å²) in [6.07, 6.45) is -3.88. The SMILES string of the molecule is COC[C@H]1CN(C(=O)[C@@H]2CN(CC(=O)N3CCOCC3)C[C@H]2c2ccc(OC)cc2)C[C@@H]1c1ccc(C(F)(F)F)cc1N1CCC(C(=O)O)CC1. The summed E-state index contributed by atoms with van der Waals surface area (Å²) in [7, 11) is 3.17. The summed E-state index contributed by atoms with van der Waals surface area (Å²) < 4.78 is 58.3. The molecular formula is C37H47F3N4O7. The Balaban J connectivity index is 1.26. The molecule has 1 N–H and O–H groups in total. The molecule has 0 aliphatic carbocycles. The van der Waals surface area contributed by atoms with Gasteiger partial charge in [0.1, 0.15) is 5.75 Å². The lowest BCUT2D eigenvalue weighted by atomic mass is 9.86. The van der Waals surface area contributed by atoms with Gasteiger partial charge >= 0.3 is 12.1 Å². The lowest BCUT2D eigenvalue weighted by Gasteiger charge is -2.35. The zero-order chi connectivity index (χ0) is 36.3. The molecule has 0 radical (unpaired) electrons. The van der Waals surface area contributed by atoms with Crippen molar-refractivity contribution < 1.29 is 46.9 Å². The first-order chi connectivity index (χ1) is 24.5. The van der Waals surface area contributed by atoms with Crippen LogP contribution in [0.3, 0.4) is 0 Å². The number of carbonyl (C=O) groups excluding carboxylic acids is 2. The number of halogens is 3. The molecule has 6 rings (SSSR count). The van der Waals surface area contributed by atoms with Crippen molar-refractivity contribution in [1.82, 2.24) is 14.7 Å². The Labute approximate surface area is 296 Å². The average molecular weight is 717 g/mol. The lowest BCUT2D eigenvalue weighted by Crippen LogP contribution is -2.45. The van der Waals surface area contributed by atoms with Gasteiger partial charge in [0.25, 0.3) is 0 Å². The number of piperidine rings is 1. The number of anilines is 1. The summed E-state index contributed by atoms with van der Waals surface area (Å²) in [5.41, 5.74) is 1.33. The predicted molar refractivity (Wildman–Crippen MR) is 182 cm³/mol. The largest absolute Gasteiger partial charge is 0.497 e. The van der Waals surface area contributed by atoms with Crippen LogP contribution >= 0.6 is 0 Å². The number of morpholine rings is 1. The number of alkyl halides is 3. The molecule has 2 aromatic carbocycles. The van der Waals surface area contributed by atoms with Gasteiger partial charge in [-0.15, -0.1) is 0 Å². The molecule has 0 bridgehead atoms. The van der Waals surface area contributed by atoms with Crippen LogP contribution in [0.15, 0.2) is 42.5 Å². The van der Waals surface area contributed by atoms with Crippen LogP contribution in [-0.2, 0) is 30.0 Å². The fourth-order valence-corrected chi connectivity index (χ4v) is 8.25. The topological polar surface area (TPSA) is 112 Å². The molecule has 4 fully saturated rings. The second-order valence-electron chi connectivity index (χ2n) is 14.1. The number of nitrogens with zero attached hydrogens (tertiary/aromatic N) is 4. The molecule has 2 aromatic rings. The van der Waals surface area contributed by atoms with Crippen LogP contribution in [0.1, 0.15) is 41.4 Å². The molecule has 4 aliphatic heterocycles. The number of rotatable bonds is 10. The van der Waals surface area contributed by atoms with Crippen molar-refractivity contribution >= 4 is 23.5 Å². The van der Waals surface area contributed by atoms with Gasteiger partial charge in [0, 0.05) is 82.9 Å². The first-order valence-electron chi connectivity index (χ1n) is 17.6. The Kier molecular flexibility index (Phi) is 11.4. The lowest BCUT2D eigenvalue weighted by molar-refractivity contribution is -0.142. The fourth-order valence-electron chi connectivity index (χ4n) is 8.25. The molecule has 0 saturated carbocycles. The zero-order valence-electron chi connectivity index (χ0n) is 29.1. The minimum atomic E-state index is -4.55. The van der Waals surface area contributed by atoms with Crippen molar-refractivity contribution in [3.8, 4) is 5.75 Å². The van der Waals surface area contributed by atoms with Crippen LogP contribution in [0.25, 0.3) is 0 Å². The van der Waals surface area contributed by atoms with E-state index < -0.39 is 29.5 Å². The number of carbonyl (C=O) groups is 3. The van der Waals surface area contributed by atoms with Crippen molar-refractivity contribution in [1.29, 1.82) is 0 Å². The van der Waals surface area contributed by atoms with Gasteiger partial charge in [0.05, 0.1) is 50.9 Å². The Hall–Kier alpha value is -3.88. The van der Waals surface area contributed by atoms with E-state index in [4.69, 9.17) is 14.2 Å². The molecule has 4 atom stereocenters. The Morgan fingerprint density at radius 1 is 0.882 bits per heavy atom. The number of likely N-dealkylation sites (tertiary alicyclic amines) is 2. The van der Waals surface area contributed by atoms with E-state index in [1.54, 1.807) is 19.1 Å². The van der Waals surface area contributed by atoms with Crippen LogP contribution in [0.4, 0.5) is 18.9 Å². The molecule has 51 heavy (non-hydrogen) atoms. The maximum Gasteiger partial charge on any atom is 0.416 e. The minimum Gasteiger partial charge on any atom is -0.497 e. The van der Waals surface area contributed by atoms with Gasteiger partial charge in [-0.05, 0) is 48.2 Å². The monoisotopic (exact) mass is 716 g/mol. The molecular weight excluding hydrogens is 669 g/mol. The molecule has 0 unspecified atom stereocenters. The highest BCUT2D eigenvalue weighted by atomic mass is 19.4. The number of carboxylic acids is 1. The number of hydrogen-bond donors (Lipinski definition) is 1. The highest BCUT2D eigenvalue weighted by Crippen LogP contribution is 2.44. The van der Waals surface area contributed by atoms with Crippen LogP contribution in [0, 0.1) is 17.8 Å². The summed E-state index contributed by atoms with van der Waals surface area (Å²) in [4.78, 5) is 47.0. The minimum absolute atomic E-state index is 0.00324. The van der Waals surface area contributed by atoms with E-state index in [1.807, 2.05) is 39.0 Å². The number of methoxy groups -OCH3 is 2. The summed E-state index contributed by atoms with van der Waals surface area (Å²) in [5, 5.41) is 9.52. The molecule has 14 heteroatoms. The summed E-state index contributed by atoms with van der Waals surface area (Å²) in [5.74, 6) is -1.90. The van der Waals surface area contributed by atoms with E-state index >= 15 is 0 Å². The van der Waals surface area contributed by atoms with Crippen LogP contribution in [0.2, 0.25) is 0 Å². The number of carboxylic acid groups (broad SMARTS) is 1. The maximum atomic E-state index is 14.6. The van der Waals surface area contributed by atoms with E-state index in [9.17, 15) is 32.7 Å². The smallest absolute Gasteiger partial charge is 0.416 e. The van der Waals surface area contributed by atoms with Crippen molar-refractivity contribution in [2.45, 2.75) is 30.9 Å². The number of ether oxygens (including phenoxy) is 3. The Bertz CT molecular complexity index is 1540. The van der Waals surface area contributed by atoms with Gasteiger partial charge < -0.3 is 34.0 Å². The summed E-state index contributed by atoms with van der Waals surface area (Å²) >= 11 is 0. The van der Waals surface area contributed by atoms with E-state index in [1.165, 1.54) is 12.1 Å². The third-order valence-electron chi connectivity index (χ3n) is 11.1. The molecule has 2 amide bonds. The molecule has 11 nitrogen and oxygen atoms in total. The maximum absolute atomic E-state index is 14.6. The quantitative estimate of drug-likeness (QED) is 0.393. The summed E-state index contributed by atoms with van der Waals surface area (Å²) in [6, 6.07) is 11.4. The molecule has 0 spiro atoms. The second kappa shape index (κ2) is 15.8. The van der Waals surface area contributed by atoms with Crippen molar-refractivity contribution in [3.05, 3.63) is 59.2 Å². The molecule has 4 saturated heterocycles. The first kappa shape index (κ1) is 36.9. The van der Waals surface area contributed by atoms with Crippen LogP contribution in [0.5, 0.6) is 5.75 Å². The Morgan fingerprint density at radius 3 is 2.22 bits per heavy atom. The normalized spacial score (nSPS) is 25.0. The van der Waals surface area contributed by atoms with E-state index in [0.717, 1.165) is 11.6 Å². The van der Waals surface area contributed by atoms with E-state index in [0.29, 0.717) is 102 Å². The van der Waals surface area contributed by atoms with Crippen LogP contribution < -0.4 is 9.64 Å². The average Bonchev–Trinajstić information content (AvgIpc) is 3.76. The van der Waals surface area contributed by atoms with Gasteiger partial charge in [-0.25, -0.2) is 0 Å². The molecule has 4 heterocycles. The van der Waals surface area contributed by atoms with Crippen molar-refractivity contribution in [2.75, 3.05) is 97.8 Å². The van der Waals surface area contributed by atoms with Gasteiger partial charge in [0.2, 0.25) is 11.8 Å². The third kappa shape index (κ3) is 8.28. The highest BCUT2D eigenvalue weighted by Gasteiger charge is 2.46. The third-order valence-corrected chi connectivity index (χ3v) is 11.1. The summed E-state index contributed by atoms with van der Waals surface area (Å²) in [6.45, 7) is 4.81. The van der Waals surface area contributed by atoms with Gasteiger partial charge in [-0.2, -0.15) is 13.2 Å². The Morgan fingerprint density at radius 2 is 1.59 bits per heavy atom. The van der Waals surface area contributed by atoms with Crippen LogP contribution in [-0.4, -0.2) is 131 Å². The zero-order valence-corrected chi connectivity index (χ0v) is 29.1. The van der Waals surface area contributed by atoms with Gasteiger partial charge in [0.15, 0.2) is 0 Å². The van der Waals surface area contributed by atoms with E-state index in [2.05, 4.69) is 0 Å². The predicted octanol–water partition coefficient (Wildman–Crippen LogP) is 3.78. The highest BCUT2D eigenvalue weighted by molar-refractivity contribution is 5.82. The fraction of sp³-hybridized carbons (Fsp3) is 0.595. The number of benzene rings is 2. The second-order valence-corrected chi connectivity index (χ2v) is 14.1. The number of amides is 2. The molecule has 0 aromatic heterocycles. The van der Waals surface area contributed by atoms with E-state index in [-0.39, 0.29) is 36.1 Å².